The maximum Gasteiger partial charge on any atom is 0.238 e. The van der Waals surface area contributed by atoms with Gasteiger partial charge in [0, 0.05) is 17.2 Å². The van der Waals surface area contributed by atoms with Crippen LogP contribution in [0.2, 0.25) is 0 Å². The molecule has 1 heterocycles. The number of hydrogen-bond acceptors (Lipinski definition) is 4. The Morgan fingerprint density at radius 3 is 2.43 bits per heavy atom. The Morgan fingerprint density at radius 2 is 1.78 bits per heavy atom. The number of nitrogens with zero attached hydrogens (tertiary/aromatic N) is 1. The van der Waals surface area contributed by atoms with E-state index in [0.717, 1.165) is 6.42 Å². The van der Waals surface area contributed by atoms with Crippen LogP contribution in [-0.4, -0.2) is 13.4 Å². The zero-order chi connectivity index (χ0) is 16.0. The largest absolute Gasteiger partial charge is 0.246 e. The average Bonchev–Trinajstić information content (AvgIpc) is 2.94. The lowest BCUT2D eigenvalue weighted by Gasteiger charge is -2.03. The molecule has 0 spiro atoms. The molecule has 2 fully saturated rings. The number of aromatic nitrogens is 1. The molecule has 1 aromatic carbocycles. The Hall–Kier alpha value is -1.24. The molecule has 6 heteroatoms. The molecular formula is C17H20N2O2S2. The summed E-state index contributed by atoms with van der Waals surface area (Å²) in [4.78, 5) is 5.07. The first-order chi connectivity index (χ1) is 11.0. The maximum atomic E-state index is 11.3. The summed E-state index contributed by atoms with van der Waals surface area (Å²) < 4.78 is 22.6. The standard InChI is InChI=1S/C17H20N2O2S2/c18-23(20,21)13-7-5-11(6-8-13)14-9-15(14)16-10-22-17(19-16)12-3-1-2-4-12/h5-8,10,12,14-15H,1-4,9H2,(H2,18,20,21)/t14-,15+/m0/s1. The van der Waals surface area contributed by atoms with Crippen molar-refractivity contribution in [3.8, 4) is 0 Å². The summed E-state index contributed by atoms with van der Waals surface area (Å²) >= 11 is 1.81. The highest BCUT2D eigenvalue weighted by Crippen LogP contribution is 2.55. The Balaban J connectivity index is 1.47. The molecule has 2 atom stereocenters. The van der Waals surface area contributed by atoms with Gasteiger partial charge in [-0.2, -0.15) is 0 Å². The highest BCUT2D eigenvalue weighted by atomic mass is 32.2. The number of primary sulfonamides is 1. The summed E-state index contributed by atoms with van der Waals surface area (Å²) in [6.45, 7) is 0. The molecule has 4 rings (SSSR count). The number of hydrogen-bond donors (Lipinski definition) is 1. The minimum Gasteiger partial charge on any atom is -0.246 e. The van der Waals surface area contributed by atoms with Crippen LogP contribution in [0, 0.1) is 0 Å². The SMILES string of the molecule is NS(=O)(=O)c1ccc([C@@H]2C[C@H]2c2csc(C3CCCC3)n2)cc1. The first kappa shape index (κ1) is 15.3. The van der Waals surface area contributed by atoms with E-state index in [1.165, 1.54) is 41.9 Å². The van der Waals surface area contributed by atoms with Crippen molar-refractivity contribution in [2.75, 3.05) is 0 Å². The van der Waals surface area contributed by atoms with Crippen molar-refractivity contribution in [3.63, 3.8) is 0 Å². The van der Waals surface area contributed by atoms with E-state index in [2.05, 4.69) is 5.38 Å². The van der Waals surface area contributed by atoms with Crippen LogP contribution in [0.15, 0.2) is 34.5 Å². The van der Waals surface area contributed by atoms with Crippen LogP contribution < -0.4 is 5.14 Å². The fourth-order valence-electron chi connectivity index (χ4n) is 3.63. The minimum atomic E-state index is -3.61. The van der Waals surface area contributed by atoms with Gasteiger partial charge in [0.15, 0.2) is 0 Å². The molecule has 122 valence electrons. The van der Waals surface area contributed by atoms with Gasteiger partial charge < -0.3 is 0 Å². The highest BCUT2D eigenvalue weighted by molar-refractivity contribution is 7.89. The molecule has 2 aromatic rings. The second-order valence-corrected chi connectivity index (χ2v) is 9.11. The van der Waals surface area contributed by atoms with Gasteiger partial charge in [-0.3, -0.25) is 0 Å². The Bertz CT molecular complexity index is 805. The van der Waals surface area contributed by atoms with Crippen LogP contribution >= 0.6 is 11.3 Å². The lowest BCUT2D eigenvalue weighted by molar-refractivity contribution is 0.598. The normalized spacial score (nSPS) is 24.9. The van der Waals surface area contributed by atoms with Crippen molar-refractivity contribution < 1.29 is 8.42 Å². The van der Waals surface area contributed by atoms with Crippen molar-refractivity contribution in [2.45, 2.75) is 54.8 Å². The summed E-state index contributed by atoms with van der Waals surface area (Å²) in [5.41, 5.74) is 2.40. The van der Waals surface area contributed by atoms with E-state index >= 15 is 0 Å². The molecule has 0 radical (unpaired) electrons. The molecule has 0 bridgehead atoms. The van der Waals surface area contributed by atoms with E-state index in [4.69, 9.17) is 10.1 Å². The number of rotatable bonds is 4. The zero-order valence-corrected chi connectivity index (χ0v) is 14.4. The quantitative estimate of drug-likeness (QED) is 0.915. The van der Waals surface area contributed by atoms with E-state index in [9.17, 15) is 8.42 Å². The second-order valence-electron chi connectivity index (χ2n) is 6.65. The third kappa shape index (κ3) is 3.07. The van der Waals surface area contributed by atoms with Gasteiger partial charge in [-0.05, 0) is 42.9 Å². The van der Waals surface area contributed by atoms with Gasteiger partial charge in [0.25, 0.3) is 0 Å². The lowest BCUT2D eigenvalue weighted by atomic mass is 10.1. The van der Waals surface area contributed by atoms with Crippen LogP contribution in [0.4, 0.5) is 0 Å². The fourth-order valence-corrected chi connectivity index (χ4v) is 5.20. The Kier molecular flexibility index (Phi) is 3.78. The summed E-state index contributed by atoms with van der Waals surface area (Å²) in [7, 11) is -3.61. The summed E-state index contributed by atoms with van der Waals surface area (Å²) in [5.74, 6) is 1.63. The Morgan fingerprint density at radius 1 is 1.09 bits per heavy atom. The minimum absolute atomic E-state index is 0.177. The maximum absolute atomic E-state index is 11.3. The van der Waals surface area contributed by atoms with Crippen molar-refractivity contribution in [2.24, 2.45) is 5.14 Å². The van der Waals surface area contributed by atoms with Crippen LogP contribution in [0.3, 0.4) is 0 Å². The molecular weight excluding hydrogens is 328 g/mol. The van der Waals surface area contributed by atoms with E-state index in [-0.39, 0.29) is 4.90 Å². The smallest absolute Gasteiger partial charge is 0.238 e. The van der Waals surface area contributed by atoms with Gasteiger partial charge in [0.1, 0.15) is 0 Å². The van der Waals surface area contributed by atoms with Gasteiger partial charge in [0.2, 0.25) is 10.0 Å². The summed E-state index contributed by atoms with van der Waals surface area (Å²) in [5, 5.41) is 8.67. The van der Waals surface area contributed by atoms with Crippen molar-refractivity contribution in [1.82, 2.24) is 4.98 Å². The monoisotopic (exact) mass is 348 g/mol. The lowest BCUT2D eigenvalue weighted by Crippen LogP contribution is -2.11. The molecule has 23 heavy (non-hydrogen) atoms. The molecule has 4 nitrogen and oxygen atoms in total. The van der Waals surface area contributed by atoms with Gasteiger partial charge in [-0.15, -0.1) is 11.3 Å². The van der Waals surface area contributed by atoms with Crippen molar-refractivity contribution >= 4 is 21.4 Å². The predicted molar refractivity (Wildman–Crippen MR) is 91.2 cm³/mol. The molecule has 0 amide bonds. The number of nitrogens with two attached hydrogens (primary N) is 1. The molecule has 0 aliphatic heterocycles. The number of benzene rings is 1. The molecule has 0 saturated heterocycles. The van der Waals surface area contributed by atoms with Gasteiger partial charge in [-0.1, -0.05) is 25.0 Å². The van der Waals surface area contributed by atoms with Crippen LogP contribution in [0.5, 0.6) is 0 Å². The summed E-state index contributed by atoms with van der Waals surface area (Å²) in [6, 6.07) is 6.97. The Labute approximate surface area is 140 Å². The van der Waals surface area contributed by atoms with E-state index in [1.54, 1.807) is 12.1 Å². The van der Waals surface area contributed by atoms with Crippen LogP contribution in [-0.2, 0) is 10.0 Å². The predicted octanol–water partition coefficient (Wildman–Crippen LogP) is 3.72. The van der Waals surface area contributed by atoms with Crippen molar-refractivity contribution in [1.29, 1.82) is 0 Å². The first-order valence-electron chi connectivity index (χ1n) is 8.10. The third-order valence-electron chi connectivity index (χ3n) is 5.05. The van der Waals surface area contributed by atoms with E-state index in [0.29, 0.717) is 17.8 Å². The number of sulfonamides is 1. The molecule has 2 N–H and O–H groups in total. The highest BCUT2D eigenvalue weighted by Gasteiger charge is 2.41. The van der Waals surface area contributed by atoms with E-state index < -0.39 is 10.0 Å². The molecule has 0 unspecified atom stereocenters. The molecule has 2 saturated carbocycles. The molecule has 2 aliphatic carbocycles. The van der Waals surface area contributed by atoms with Crippen LogP contribution in [0.25, 0.3) is 0 Å². The van der Waals surface area contributed by atoms with Gasteiger partial charge in [-0.25, -0.2) is 18.5 Å². The molecule has 2 aliphatic rings. The van der Waals surface area contributed by atoms with E-state index in [1.807, 2.05) is 23.5 Å². The second kappa shape index (κ2) is 5.69. The van der Waals surface area contributed by atoms with Gasteiger partial charge in [0.05, 0.1) is 15.6 Å². The summed E-state index contributed by atoms with van der Waals surface area (Å²) in [6.07, 6.45) is 6.35. The number of thiazole rings is 1. The van der Waals surface area contributed by atoms with Crippen molar-refractivity contribution in [3.05, 3.63) is 45.9 Å². The topological polar surface area (TPSA) is 73.1 Å². The third-order valence-corrected chi connectivity index (χ3v) is 7.01. The average molecular weight is 348 g/mol. The fraction of sp³-hybridized carbons (Fsp3) is 0.471. The van der Waals surface area contributed by atoms with Gasteiger partial charge >= 0.3 is 0 Å². The molecule has 1 aromatic heterocycles. The van der Waals surface area contributed by atoms with Crippen LogP contribution in [0.1, 0.15) is 66.1 Å². The zero-order valence-electron chi connectivity index (χ0n) is 12.8. The first-order valence-corrected chi connectivity index (χ1v) is 10.5.